The predicted octanol–water partition coefficient (Wildman–Crippen LogP) is 2.18. The summed E-state index contributed by atoms with van der Waals surface area (Å²) < 4.78 is 37.3. The molecule has 0 atom stereocenters. The van der Waals surface area contributed by atoms with Crippen molar-refractivity contribution in [1.82, 2.24) is 4.72 Å². The first-order valence-corrected chi connectivity index (χ1v) is 9.49. The second-order valence-electron chi connectivity index (χ2n) is 5.40. The first-order valence-electron chi connectivity index (χ1n) is 8.00. The molecule has 2 aromatic carbocycles. The van der Waals surface area contributed by atoms with Crippen molar-refractivity contribution in [3.63, 3.8) is 0 Å². The highest BCUT2D eigenvalue weighted by atomic mass is 32.2. The molecule has 2 rings (SSSR count). The van der Waals surface area contributed by atoms with E-state index in [1.54, 1.807) is 6.07 Å². The van der Waals surface area contributed by atoms with Crippen LogP contribution < -0.4 is 19.5 Å². The summed E-state index contributed by atoms with van der Waals surface area (Å²) in [5.74, 6) is 0.256. The van der Waals surface area contributed by atoms with Crippen LogP contribution in [0.1, 0.15) is 12.5 Å². The van der Waals surface area contributed by atoms with Gasteiger partial charge in [-0.1, -0.05) is 25.1 Å². The fourth-order valence-corrected chi connectivity index (χ4v) is 3.37. The molecular weight excluding hydrogens is 356 g/mol. The van der Waals surface area contributed by atoms with E-state index in [1.807, 2.05) is 25.1 Å². The maximum Gasteiger partial charge on any atom is 0.241 e. The van der Waals surface area contributed by atoms with Gasteiger partial charge >= 0.3 is 0 Å². The molecule has 26 heavy (non-hydrogen) atoms. The van der Waals surface area contributed by atoms with Gasteiger partial charge in [0.25, 0.3) is 0 Å². The maximum absolute atomic E-state index is 12.4. The molecule has 140 valence electrons. The Kier molecular flexibility index (Phi) is 6.59. The van der Waals surface area contributed by atoms with Gasteiger partial charge in [0.1, 0.15) is 0 Å². The van der Waals surface area contributed by atoms with E-state index in [9.17, 15) is 13.2 Å². The van der Waals surface area contributed by atoms with E-state index in [-0.39, 0.29) is 17.2 Å². The Labute approximate surface area is 153 Å². The fourth-order valence-electron chi connectivity index (χ4n) is 2.37. The van der Waals surface area contributed by atoms with Gasteiger partial charge in [-0.25, -0.2) is 13.1 Å². The Bertz CT molecular complexity index is 881. The third-order valence-electron chi connectivity index (χ3n) is 3.76. The Hall–Kier alpha value is -2.58. The van der Waals surface area contributed by atoms with Crippen LogP contribution in [-0.4, -0.2) is 35.1 Å². The third kappa shape index (κ3) is 4.74. The van der Waals surface area contributed by atoms with Gasteiger partial charge in [-0.3, -0.25) is 4.79 Å². The predicted molar refractivity (Wildman–Crippen MR) is 99.2 cm³/mol. The summed E-state index contributed by atoms with van der Waals surface area (Å²) in [6.45, 7) is 1.60. The van der Waals surface area contributed by atoms with Crippen molar-refractivity contribution in [2.45, 2.75) is 18.2 Å². The standard InChI is InChI=1S/C18H22N2O5S/c1-4-13-7-5-6-8-15(13)20-18(21)12-19-26(22,23)14-9-10-16(24-2)17(11-14)25-3/h5-11,19H,4,12H2,1-3H3,(H,20,21). The Morgan fingerprint density at radius 1 is 1.04 bits per heavy atom. The average molecular weight is 378 g/mol. The third-order valence-corrected chi connectivity index (χ3v) is 5.16. The van der Waals surface area contributed by atoms with Crippen LogP contribution in [0.25, 0.3) is 0 Å². The van der Waals surface area contributed by atoms with Crippen molar-refractivity contribution in [2.75, 3.05) is 26.1 Å². The van der Waals surface area contributed by atoms with Crippen LogP contribution in [-0.2, 0) is 21.2 Å². The lowest BCUT2D eigenvalue weighted by molar-refractivity contribution is -0.115. The van der Waals surface area contributed by atoms with E-state index >= 15 is 0 Å². The molecule has 0 aliphatic rings. The number of ether oxygens (including phenoxy) is 2. The number of amides is 1. The maximum atomic E-state index is 12.4. The number of methoxy groups -OCH3 is 2. The summed E-state index contributed by atoms with van der Waals surface area (Å²) in [5, 5.41) is 2.72. The number of benzene rings is 2. The first kappa shape index (κ1) is 19.7. The Morgan fingerprint density at radius 3 is 2.38 bits per heavy atom. The van der Waals surface area contributed by atoms with Crippen LogP contribution in [0.2, 0.25) is 0 Å². The second kappa shape index (κ2) is 8.68. The van der Waals surface area contributed by atoms with E-state index in [0.717, 1.165) is 12.0 Å². The minimum Gasteiger partial charge on any atom is -0.493 e. The highest BCUT2D eigenvalue weighted by Gasteiger charge is 2.18. The van der Waals surface area contributed by atoms with Crippen LogP contribution in [0.3, 0.4) is 0 Å². The number of carbonyl (C=O) groups excluding carboxylic acids is 1. The Balaban J connectivity index is 2.07. The lowest BCUT2D eigenvalue weighted by Crippen LogP contribution is -2.33. The molecule has 0 unspecified atom stereocenters. The van der Waals surface area contributed by atoms with E-state index in [2.05, 4.69) is 10.0 Å². The lowest BCUT2D eigenvalue weighted by Gasteiger charge is -2.12. The monoisotopic (exact) mass is 378 g/mol. The minimum atomic E-state index is -3.87. The van der Waals surface area contributed by atoms with Crippen molar-refractivity contribution < 1.29 is 22.7 Å². The minimum absolute atomic E-state index is 0.0168. The molecule has 0 heterocycles. The van der Waals surface area contributed by atoms with E-state index in [4.69, 9.17) is 9.47 Å². The molecule has 8 heteroatoms. The summed E-state index contributed by atoms with van der Waals surface area (Å²) in [7, 11) is -0.989. The van der Waals surface area contributed by atoms with Gasteiger partial charge in [-0.05, 0) is 30.2 Å². The van der Waals surface area contributed by atoms with Gasteiger partial charge in [0.05, 0.1) is 25.7 Å². The molecule has 0 radical (unpaired) electrons. The Morgan fingerprint density at radius 2 is 1.73 bits per heavy atom. The van der Waals surface area contributed by atoms with Gasteiger partial charge < -0.3 is 14.8 Å². The number of para-hydroxylation sites is 1. The van der Waals surface area contributed by atoms with Gasteiger partial charge in [0.2, 0.25) is 15.9 Å². The van der Waals surface area contributed by atoms with Gasteiger partial charge in [-0.15, -0.1) is 0 Å². The fraction of sp³-hybridized carbons (Fsp3) is 0.278. The van der Waals surface area contributed by atoms with Crippen molar-refractivity contribution in [1.29, 1.82) is 0 Å². The number of hydrogen-bond donors (Lipinski definition) is 2. The number of anilines is 1. The average Bonchev–Trinajstić information content (AvgIpc) is 2.66. The smallest absolute Gasteiger partial charge is 0.241 e. The van der Waals surface area contributed by atoms with Crippen LogP contribution in [0.15, 0.2) is 47.4 Å². The number of rotatable bonds is 8. The van der Waals surface area contributed by atoms with E-state index in [1.165, 1.54) is 32.4 Å². The van der Waals surface area contributed by atoms with Crippen LogP contribution in [0, 0.1) is 0 Å². The molecule has 0 saturated carbocycles. The van der Waals surface area contributed by atoms with Gasteiger partial charge in [0, 0.05) is 11.8 Å². The molecule has 0 aliphatic heterocycles. The largest absolute Gasteiger partial charge is 0.493 e. The molecule has 0 aromatic heterocycles. The van der Waals surface area contributed by atoms with Crippen molar-refractivity contribution in [2.24, 2.45) is 0 Å². The van der Waals surface area contributed by atoms with E-state index < -0.39 is 15.9 Å². The highest BCUT2D eigenvalue weighted by molar-refractivity contribution is 7.89. The highest BCUT2D eigenvalue weighted by Crippen LogP contribution is 2.29. The molecule has 7 nitrogen and oxygen atoms in total. The SMILES string of the molecule is CCc1ccccc1NC(=O)CNS(=O)(=O)c1ccc(OC)c(OC)c1. The molecule has 0 spiro atoms. The van der Waals surface area contributed by atoms with Crippen molar-refractivity contribution in [3.8, 4) is 11.5 Å². The van der Waals surface area contributed by atoms with E-state index in [0.29, 0.717) is 11.4 Å². The molecular formula is C18H22N2O5S. The summed E-state index contributed by atoms with van der Waals surface area (Å²) in [6.07, 6.45) is 0.758. The van der Waals surface area contributed by atoms with Crippen LogP contribution in [0.5, 0.6) is 11.5 Å². The molecule has 0 saturated heterocycles. The number of hydrogen-bond acceptors (Lipinski definition) is 5. The first-order chi connectivity index (χ1) is 12.4. The topological polar surface area (TPSA) is 93.7 Å². The van der Waals surface area contributed by atoms with Crippen LogP contribution >= 0.6 is 0 Å². The molecule has 2 aromatic rings. The second-order valence-corrected chi connectivity index (χ2v) is 7.17. The normalized spacial score (nSPS) is 11.0. The molecule has 2 N–H and O–H groups in total. The number of sulfonamides is 1. The zero-order chi connectivity index (χ0) is 19.2. The number of carbonyl (C=O) groups is 1. The van der Waals surface area contributed by atoms with Crippen LogP contribution in [0.4, 0.5) is 5.69 Å². The molecule has 0 fully saturated rings. The number of aryl methyl sites for hydroxylation is 1. The lowest BCUT2D eigenvalue weighted by atomic mass is 10.1. The molecule has 0 aliphatic carbocycles. The zero-order valence-corrected chi connectivity index (χ0v) is 15.7. The van der Waals surface area contributed by atoms with Gasteiger partial charge in [0.15, 0.2) is 11.5 Å². The summed E-state index contributed by atoms with van der Waals surface area (Å²) in [4.78, 5) is 12.1. The van der Waals surface area contributed by atoms with Gasteiger partial charge in [-0.2, -0.15) is 0 Å². The molecule has 0 bridgehead atoms. The quantitative estimate of drug-likeness (QED) is 0.734. The van der Waals surface area contributed by atoms with Crippen molar-refractivity contribution in [3.05, 3.63) is 48.0 Å². The number of nitrogens with one attached hydrogen (secondary N) is 2. The summed E-state index contributed by atoms with van der Waals surface area (Å²) >= 11 is 0. The zero-order valence-electron chi connectivity index (χ0n) is 14.9. The summed E-state index contributed by atoms with van der Waals surface area (Å²) in [6, 6.07) is 11.6. The summed E-state index contributed by atoms with van der Waals surface area (Å²) in [5.41, 5.74) is 1.65. The molecule has 1 amide bonds. The van der Waals surface area contributed by atoms with Crippen molar-refractivity contribution >= 4 is 21.6 Å².